The van der Waals surface area contributed by atoms with E-state index in [0.717, 1.165) is 0 Å². The zero-order chi connectivity index (χ0) is 9.69. The number of hydrogen-bond acceptors (Lipinski definition) is 5. The summed E-state index contributed by atoms with van der Waals surface area (Å²) in [4.78, 5) is 22.2. The van der Waals surface area contributed by atoms with Gasteiger partial charge >= 0.3 is 11.9 Å². The fourth-order valence-electron chi connectivity index (χ4n) is 1.97. The molecule has 5 heteroatoms. The maximum absolute atomic E-state index is 11.1. The van der Waals surface area contributed by atoms with E-state index in [2.05, 4.69) is 4.74 Å². The molecule has 2 atom stereocenters. The SMILES string of the molecule is O=C1OC(=O)[C@@]2(O)CCCC[C@@]12O. The molecule has 2 rings (SSSR count). The zero-order valence-electron chi connectivity index (χ0n) is 6.95. The molecule has 1 saturated carbocycles. The molecule has 0 spiro atoms. The molecule has 1 aliphatic heterocycles. The van der Waals surface area contributed by atoms with Crippen molar-refractivity contribution in [2.24, 2.45) is 0 Å². The normalized spacial score (nSPS) is 44.5. The Bertz CT molecular complexity index is 258. The molecule has 1 heterocycles. The molecule has 0 aromatic carbocycles. The summed E-state index contributed by atoms with van der Waals surface area (Å²) in [5, 5.41) is 19.5. The van der Waals surface area contributed by atoms with Crippen molar-refractivity contribution < 1.29 is 24.5 Å². The summed E-state index contributed by atoms with van der Waals surface area (Å²) in [5.74, 6) is -2.03. The highest BCUT2D eigenvalue weighted by molar-refractivity contribution is 6.05. The summed E-state index contributed by atoms with van der Waals surface area (Å²) < 4.78 is 4.24. The number of ether oxygens (including phenoxy) is 1. The van der Waals surface area contributed by atoms with E-state index in [1.165, 1.54) is 0 Å². The second kappa shape index (κ2) is 2.30. The van der Waals surface area contributed by atoms with Gasteiger partial charge in [0.1, 0.15) is 0 Å². The summed E-state index contributed by atoms with van der Waals surface area (Å²) >= 11 is 0. The first-order valence-electron chi connectivity index (χ1n) is 4.22. The average Bonchev–Trinajstić information content (AvgIpc) is 2.25. The quantitative estimate of drug-likeness (QED) is 0.378. The Kier molecular flexibility index (Phi) is 1.53. The van der Waals surface area contributed by atoms with Gasteiger partial charge in [-0.05, 0) is 25.7 Å². The van der Waals surface area contributed by atoms with E-state index >= 15 is 0 Å². The molecule has 0 amide bonds. The largest absolute Gasteiger partial charge is 0.389 e. The third-order valence-electron chi connectivity index (χ3n) is 2.87. The van der Waals surface area contributed by atoms with Gasteiger partial charge < -0.3 is 14.9 Å². The highest BCUT2D eigenvalue weighted by Gasteiger charge is 2.68. The first-order valence-corrected chi connectivity index (χ1v) is 4.22. The minimum atomic E-state index is -2.00. The van der Waals surface area contributed by atoms with Crippen LogP contribution in [0.2, 0.25) is 0 Å². The van der Waals surface area contributed by atoms with Gasteiger partial charge in [0, 0.05) is 0 Å². The van der Waals surface area contributed by atoms with Crippen LogP contribution in [0, 0.1) is 0 Å². The van der Waals surface area contributed by atoms with Gasteiger partial charge in [-0.25, -0.2) is 9.59 Å². The van der Waals surface area contributed by atoms with Crippen LogP contribution in [0.3, 0.4) is 0 Å². The summed E-state index contributed by atoms with van der Waals surface area (Å²) in [6, 6.07) is 0. The van der Waals surface area contributed by atoms with E-state index in [4.69, 9.17) is 0 Å². The molecule has 2 fully saturated rings. The van der Waals surface area contributed by atoms with Crippen molar-refractivity contribution in [1.82, 2.24) is 0 Å². The van der Waals surface area contributed by atoms with Crippen molar-refractivity contribution in [3.63, 3.8) is 0 Å². The highest BCUT2D eigenvalue weighted by atomic mass is 16.6. The van der Waals surface area contributed by atoms with E-state index in [9.17, 15) is 19.8 Å². The number of carbonyl (C=O) groups is 2. The Balaban J connectivity index is 2.46. The van der Waals surface area contributed by atoms with Crippen LogP contribution in [0.15, 0.2) is 0 Å². The second-order valence-corrected chi connectivity index (χ2v) is 3.60. The molecule has 0 bridgehead atoms. The number of aliphatic hydroxyl groups is 2. The van der Waals surface area contributed by atoms with E-state index in [1.54, 1.807) is 0 Å². The molecular weight excluding hydrogens is 176 g/mol. The van der Waals surface area contributed by atoms with E-state index in [-0.39, 0.29) is 12.8 Å². The van der Waals surface area contributed by atoms with Gasteiger partial charge in [0.25, 0.3) is 0 Å². The van der Waals surface area contributed by atoms with Crippen LogP contribution in [-0.4, -0.2) is 33.4 Å². The average molecular weight is 186 g/mol. The van der Waals surface area contributed by atoms with Crippen LogP contribution in [0.4, 0.5) is 0 Å². The number of hydrogen-bond donors (Lipinski definition) is 2. The van der Waals surface area contributed by atoms with Crippen LogP contribution >= 0.6 is 0 Å². The van der Waals surface area contributed by atoms with Crippen LogP contribution in [-0.2, 0) is 14.3 Å². The fourth-order valence-corrected chi connectivity index (χ4v) is 1.97. The lowest BCUT2D eigenvalue weighted by Crippen LogP contribution is -2.58. The summed E-state index contributed by atoms with van der Waals surface area (Å²) in [6.45, 7) is 0. The van der Waals surface area contributed by atoms with Crippen molar-refractivity contribution >= 4 is 11.9 Å². The number of carbonyl (C=O) groups excluding carboxylic acids is 2. The van der Waals surface area contributed by atoms with Crippen molar-refractivity contribution in [3.8, 4) is 0 Å². The third kappa shape index (κ3) is 0.831. The number of cyclic esters (lactones) is 2. The Morgan fingerprint density at radius 3 is 1.77 bits per heavy atom. The summed E-state index contributed by atoms with van der Waals surface area (Å²) in [5.41, 5.74) is -4.00. The molecule has 72 valence electrons. The van der Waals surface area contributed by atoms with Crippen LogP contribution in [0.1, 0.15) is 25.7 Å². The fraction of sp³-hybridized carbons (Fsp3) is 0.750. The van der Waals surface area contributed by atoms with Crippen molar-refractivity contribution in [1.29, 1.82) is 0 Å². The van der Waals surface area contributed by atoms with Gasteiger partial charge in [-0.2, -0.15) is 0 Å². The van der Waals surface area contributed by atoms with E-state index in [1.807, 2.05) is 0 Å². The third-order valence-corrected chi connectivity index (χ3v) is 2.87. The summed E-state index contributed by atoms with van der Waals surface area (Å²) in [6.07, 6.45) is 1.41. The molecule has 0 radical (unpaired) electrons. The van der Waals surface area contributed by atoms with Crippen molar-refractivity contribution in [3.05, 3.63) is 0 Å². The van der Waals surface area contributed by atoms with Gasteiger partial charge in [-0.3, -0.25) is 0 Å². The predicted octanol–water partition coefficient (Wildman–Crippen LogP) is -0.894. The molecule has 0 unspecified atom stereocenters. The lowest BCUT2D eigenvalue weighted by molar-refractivity contribution is -0.176. The Labute approximate surface area is 74.3 Å². The van der Waals surface area contributed by atoms with E-state index in [0.29, 0.717) is 12.8 Å². The molecule has 5 nitrogen and oxygen atoms in total. The maximum atomic E-state index is 11.1. The second-order valence-electron chi connectivity index (χ2n) is 3.60. The number of esters is 2. The number of rotatable bonds is 0. The zero-order valence-corrected chi connectivity index (χ0v) is 6.95. The molecule has 13 heavy (non-hydrogen) atoms. The first kappa shape index (κ1) is 8.65. The molecule has 0 aromatic heterocycles. The minimum absolute atomic E-state index is 0.0913. The Morgan fingerprint density at radius 2 is 1.38 bits per heavy atom. The van der Waals surface area contributed by atoms with E-state index < -0.39 is 23.1 Å². The van der Waals surface area contributed by atoms with Crippen LogP contribution < -0.4 is 0 Å². The molecule has 0 aromatic rings. The first-order chi connectivity index (χ1) is 6.01. The predicted molar refractivity (Wildman–Crippen MR) is 39.5 cm³/mol. The highest BCUT2D eigenvalue weighted by Crippen LogP contribution is 2.43. The monoisotopic (exact) mass is 186 g/mol. The standard InChI is InChI=1S/C8H10O5/c9-5-7(11)3-1-2-4-8(7,12)6(10)13-5/h11-12H,1-4H2/t7-,8+. The number of fused-ring (bicyclic) bond motifs is 1. The maximum Gasteiger partial charge on any atom is 0.349 e. The van der Waals surface area contributed by atoms with Gasteiger partial charge in [-0.15, -0.1) is 0 Å². The lowest BCUT2D eigenvalue weighted by Gasteiger charge is -2.35. The van der Waals surface area contributed by atoms with Gasteiger partial charge in [-0.1, -0.05) is 0 Å². The molecule has 1 aliphatic carbocycles. The van der Waals surface area contributed by atoms with Gasteiger partial charge in [0.2, 0.25) is 11.2 Å². The molecule has 1 saturated heterocycles. The van der Waals surface area contributed by atoms with Crippen LogP contribution in [0.25, 0.3) is 0 Å². The van der Waals surface area contributed by atoms with Crippen molar-refractivity contribution in [2.45, 2.75) is 36.9 Å². The van der Waals surface area contributed by atoms with Crippen molar-refractivity contribution in [2.75, 3.05) is 0 Å². The molecular formula is C8H10O5. The Morgan fingerprint density at radius 1 is 1.00 bits per heavy atom. The topological polar surface area (TPSA) is 83.8 Å². The lowest BCUT2D eigenvalue weighted by atomic mass is 9.73. The molecule has 2 N–H and O–H groups in total. The summed E-state index contributed by atoms with van der Waals surface area (Å²) in [7, 11) is 0. The van der Waals surface area contributed by atoms with Crippen LogP contribution in [0.5, 0.6) is 0 Å². The smallest absolute Gasteiger partial charge is 0.349 e. The molecule has 2 aliphatic rings. The minimum Gasteiger partial charge on any atom is -0.389 e. The Hall–Kier alpha value is -0.940. The van der Waals surface area contributed by atoms with Gasteiger partial charge in [0.05, 0.1) is 0 Å². The van der Waals surface area contributed by atoms with Gasteiger partial charge in [0.15, 0.2) is 0 Å².